The van der Waals surface area contributed by atoms with Crippen molar-refractivity contribution in [2.45, 2.75) is 26.7 Å². The van der Waals surface area contributed by atoms with E-state index in [0.717, 1.165) is 25.9 Å². The van der Waals surface area contributed by atoms with Crippen LogP contribution in [0.1, 0.15) is 26.7 Å². The summed E-state index contributed by atoms with van der Waals surface area (Å²) in [7, 11) is 0. The molecule has 1 saturated heterocycles. The first kappa shape index (κ1) is 13.7. The Kier molecular flexibility index (Phi) is 3.35. The molecule has 20 heavy (non-hydrogen) atoms. The highest BCUT2D eigenvalue weighted by Crippen LogP contribution is 2.49. The summed E-state index contributed by atoms with van der Waals surface area (Å²) in [5, 5.41) is 9.45. The minimum absolute atomic E-state index is 0.0612. The van der Waals surface area contributed by atoms with E-state index in [1.54, 1.807) is 0 Å². The Morgan fingerprint density at radius 2 is 1.55 bits per heavy atom. The number of hydrogen-bond donors (Lipinski definition) is 1. The second kappa shape index (κ2) is 4.90. The van der Waals surface area contributed by atoms with Crippen LogP contribution >= 0.6 is 0 Å². The summed E-state index contributed by atoms with van der Waals surface area (Å²) in [6, 6.07) is 0. The fourth-order valence-corrected chi connectivity index (χ4v) is 4.55. The van der Waals surface area contributed by atoms with E-state index >= 15 is 0 Å². The van der Waals surface area contributed by atoms with Crippen molar-refractivity contribution < 1.29 is 14.7 Å². The number of carboxylic acids is 1. The maximum absolute atomic E-state index is 12.8. The van der Waals surface area contributed by atoms with E-state index in [0.29, 0.717) is 11.8 Å². The summed E-state index contributed by atoms with van der Waals surface area (Å²) in [6.07, 6.45) is 6.05. The molecule has 1 aliphatic heterocycles. The molecule has 3 rings (SSSR count). The van der Waals surface area contributed by atoms with Crippen LogP contribution in [0.4, 0.5) is 0 Å². The average molecular weight is 277 g/mol. The summed E-state index contributed by atoms with van der Waals surface area (Å²) in [6.45, 7) is 5.91. The molecule has 2 bridgehead atoms. The van der Waals surface area contributed by atoms with E-state index in [4.69, 9.17) is 0 Å². The number of amides is 1. The SMILES string of the molecule is C[C@H]1C[C@H](C)CN(C(=O)[C@H]2[C@@H](C(=O)O)[C@H]3C=C[C@@H]2C3)C1. The van der Waals surface area contributed by atoms with Crippen LogP contribution in [-0.2, 0) is 9.59 Å². The van der Waals surface area contributed by atoms with Gasteiger partial charge in [0, 0.05) is 13.1 Å². The smallest absolute Gasteiger partial charge is 0.307 e. The largest absolute Gasteiger partial charge is 0.481 e. The molecule has 1 N–H and O–H groups in total. The van der Waals surface area contributed by atoms with E-state index in [2.05, 4.69) is 19.9 Å². The third-order valence-electron chi connectivity index (χ3n) is 5.21. The number of carbonyl (C=O) groups is 2. The van der Waals surface area contributed by atoms with Crippen LogP contribution in [0.3, 0.4) is 0 Å². The van der Waals surface area contributed by atoms with Crippen LogP contribution in [0.15, 0.2) is 12.2 Å². The van der Waals surface area contributed by atoms with Crippen LogP contribution in [0.5, 0.6) is 0 Å². The van der Waals surface area contributed by atoms with Gasteiger partial charge in [-0.3, -0.25) is 9.59 Å². The van der Waals surface area contributed by atoms with Gasteiger partial charge >= 0.3 is 5.97 Å². The third kappa shape index (κ3) is 2.15. The van der Waals surface area contributed by atoms with Gasteiger partial charge in [-0.25, -0.2) is 0 Å². The van der Waals surface area contributed by atoms with Crippen molar-refractivity contribution in [1.82, 2.24) is 4.90 Å². The maximum atomic E-state index is 12.8. The van der Waals surface area contributed by atoms with Crippen molar-refractivity contribution in [3.63, 3.8) is 0 Å². The molecule has 6 atom stereocenters. The zero-order valence-corrected chi connectivity index (χ0v) is 12.2. The van der Waals surface area contributed by atoms with E-state index < -0.39 is 11.9 Å². The average Bonchev–Trinajstić information content (AvgIpc) is 2.96. The van der Waals surface area contributed by atoms with Gasteiger partial charge < -0.3 is 10.0 Å². The molecular formula is C16H23NO3. The molecule has 4 nitrogen and oxygen atoms in total. The van der Waals surface area contributed by atoms with Gasteiger partial charge in [-0.1, -0.05) is 26.0 Å². The highest BCUT2D eigenvalue weighted by Gasteiger charge is 2.52. The van der Waals surface area contributed by atoms with Crippen LogP contribution < -0.4 is 0 Å². The molecule has 0 aromatic rings. The minimum Gasteiger partial charge on any atom is -0.481 e. The number of rotatable bonds is 2. The van der Waals surface area contributed by atoms with Crippen molar-refractivity contribution in [2.24, 2.45) is 35.5 Å². The Bertz CT molecular complexity index is 449. The fourth-order valence-electron chi connectivity index (χ4n) is 4.55. The second-order valence-corrected chi connectivity index (χ2v) is 7.03. The predicted octanol–water partition coefficient (Wildman–Crippen LogP) is 2.01. The van der Waals surface area contributed by atoms with E-state index in [1.165, 1.54) is 0 Å². The van der Waals surface area contributed by atoms with Crippen LogP contribution in [0.25, 0.3) is 0 Å². The lowest BCUT2D eigenvalue weighted by atomic mass is 9.81. The Balaban J connectivity index is 1.79. The molecule has 2 fully saturated rings. The quantitative estimate of drug-likeness (QED) is 0.786. The Morgan fingerprint density at radius 3 is 2.10 bits per heavy atom. The van der Waals surface area contributed by atoms with Crippen molar-refractivity contribution >= 4 is 11.9 Å². The summed E-state index contributed by atoms with van der Waals surface area (Å²) in [5.41, 5.74) is 0. The van der Waals surface area contributed by atoms with Gasteiger partial charge in [-0.2, -0.15) is 0 Å². The van der Waals surface area contributed by atoms with Crippen molar-refractivity contribution in [1.29, 1.82) is 0 Å². The number of nitrogens with zero attached hydrogens (tertiary/aromatic N) is 1. The fraction of sp³-hybridized carbons (Fsp3) is 0.750. The highest BCUT2D eigenvalue weighted by molar-refractivity contribution is 5.87. The zero-order valence-electron chi connectivity index (χ0n) is 12.2. The van der Waals surface area contributed by atoms with E-state index in [1.807, 2.05) is 11.0 Å². The molecule has 3 aliphatic rings. The number of hydrogen-bond acceptors (Lipinski definition) is 2. The molecule has 110 valence electrons. The predicted molar refractivity (Wildman–Crippen MR) is 74.9 cm³/mol. The summed E-state index contributed by atoms with van der Waals surface area (Å²) in [5.74, 6) is -0.344. The minimum atomic E-state index is -0.807. The maximum Gasteiger partial charge on any atom is 0.307 e. The molecule has 1 saturated carbocycles. The Morgan fingerprint density at radius 1 is 1.00 bits per heavy atom. The first-order valence-electron chi connectivity index (χ1n) is 7.67. The number of carboxylic acid groups (broad SMARTS) is 1. The van der Waals surface area contributed by atoms with E-state index in [-0.39, 0.29) is 23.7 Å². The van der Waals surface area contributed by atoms with Gasteiger partial charge in [0.25, 0.3) is 0 Å². The Labute approximate surface area is 119 Å². The molecule has 0 spiro atoms. The summed E-state index contributed by atoms with van der Waals surface area (Å²) in [4.78, 5) is 26.3. The zero-order chi connectivity index (χ0) is 14.4. The number of fused-ring (bicyclic) bond motifs is 2. The molecule has 0 unspecified atom stereocenters. The summed E-state index contributed by atoms with van der Waals surface area (Å²) < 4.78 is 0. The lowest BCUT2D eigenvalue weighted by molar-refractivity contribution is -0.152. The van der Waals surface area contributed by atoms with Gasteiger partial charge in [0.1, 0.15) is 0 Å². The number of allylic oxidation sites excluding steroid dienone is 2. The van der Waals surface area contributed by atoms with Gasteiger partial charge in [-0.05, 0) is 36.5 Å². The monoisotopic (exact) mass is 277 g/mol. The van der Waals surface area contributed by atoms with Crippen molar-refractivity contribution in [2.75, 3.05) is 13.1 Å². The first-order valence-corrected chi connectivity index (χ1v) is 7.67. The number of likely N-dealkylation sites (tertiary alicyclic amines) is 1. The molecule has 4 heteroatoms. The van der Waals surface area contributed by atoms with Crippen LogP contribution in [0, 0.1) is 35.5 Å². The number of piperidine rings is 1. The van der Waals surface area contributed by atoms with Crippen LogP contribution in [-0.4, -0.2) is 35.0 Å². The summed E-state index contributed by atoms with van der Waals surface area (Å²) >= 11 is 0. The second-order valence-electron chi connectivity index (χ2n) is 7.03. The van der Waals surface area contributed by atoms with Gasteiger partial charge in [-0.15, -0.1) is 0 Å². The molecule has 0 aromatic carbocycles. The van der Waals surface area contributed by atoms with Gasteiger partial charge in [0.2, 0.25) is 5.91 Å². The molecule has 0 aromatic heterocycles. The van der Waals surface area contributed by atoms with Crippen molar-refractivity contribution in [3.05, 3.63) is 12.2 Å². The Hall–Kier alpha value is -1.32. The highest BCUT2D eigenvalue weighted by atomic mass is 16.4. The van der Waals surface area contributed by atoms with Gasteiger partial charge in [0.05, 0.1) is 11.8 Å². The molecule has 1 amide bonds. The van der Waals surface area contributed by atoms with E-state index in [9.17, 15) is 14.7 Å². The lowest BCUT2D eigenvalue weighted by Crippen LogP contribution is -2.48. The number of aliphatic carboxylic acids is 1. The normalized spacial score (nSPS) is 43.0. The van der Waals surface area contributed by atoms with Crippen LogP contribution in [0.2, 0.25) is 0 Å². The molecular weight excluding hydrogens is 254 g/mol. The lowest BCUT2D eigenvalue weighted by Gasteiger charge is -2.38. The van der Waals surface area contributed by atoms with Gasteiger partial charge in [0.15, 0.2) is 0 Å². The third-order valence-corrected chi connectivity index (χ3v) is 5.21. The van der Waals surface area contributed by atoms with Crippen molar-refractivity contribution in [3.8, 4) is 0 Å². The first-order chi connectivity index (χ1) is 9.47. The topological polar surface area (TPSA) is 57.6 Å². The molecule has 0 radical (unpaired) electrons. The number of carbonyl (C=O) groups excluding carboxylic acids is 1. The standard InChI is InChI=1S/C16H23NO3/c1-9-5-10(2)8-17(7-9)15(18)13-11-3-4-12(6-11)14(13)16(19)20/h3-4,9-14H,5-8H2,1-2H3,(H,19,20)/t9-,10-,11+,12-,13+,14-/m0/s1. The molecule has 2 aliphatic carbocycles. The molecule has 1 heterocycles.